The second-order valence-electron chi connectivity index (χ2n) is 6.24. The van der Waals surface area contributed by atoms with Crippen LogP contribution in [0.5, 0.6) is 0 Å². The molecule has 4 nitrogen and oxygen atoms in total. The first-order chi connectivity index (χ1) is 11.9. The van der Waals surface area contributed by atoms with Crippen molar-refractivity contribution in [2.24, 2.45) is 0 Å². The number of rotatable bonds is 5. The number of hydrogen-bond acceptors (Lipinski definition) is 4. The van der Waals surface area contributed by atoms with Crippen molar-refractivity contribution in [3.63, 3.8) is 0 Å². The molecule has 124 valence electrons. The van der Waals surface area contributed by atoms with E-state index in [0.29, 0.717) is 6.61 Å². The summed E-state index contributed by atoms with van der Waals surface area (Å²) in [6.45, 7) is 4.44. The number of nitrogens with zero attached hydrogens (tertiary/aromatic N) is 3. The highest BCUT2D eigenvalue weighted by atomic mass is 32.1. The Morgan fingerprint density at radius 2 is 2.04 bits per heavy atom. The van der Waals surface area contributed by atoms with E-state index in [1.165, 1.54) is 16.8 Å². The summed E-state index contributed by atoms with van der Waals surface area (Å²) >= 11 is 1.76. The molecule has 0 saturated carbocycles. The molecule has 4 heterocycles. The predicted molar refractivity (Wildman–Crippen MR) is 95.7 cm³/mol. The summed E-state index contributed by atoms with van der Waals surface area (Å²) in [6, 6.07) is 10.6. The highest BCUT2D eigenvalue weighted by Crippen LogP contribution is 2.19. The van der Waals surface area contributed by atoms with Gasteiger partial charge in [0.05, 0.1) is 12.7 Å². The largest absolute Gasteiger partial charge is 0.370 e. The zero-order valence-corrected chi connectivity index (χ0v) is 14.4. The summed E-state index contributed by atoms with van der Waals surface area (Å²) < 4.78 is 8.56. The normalized spacial score (nSPS) is 18.2. The number of ether oxygens (including phenoxy) is 1. The maximum absolute atomic E-state index is 6.24. The molecule has 1 aliphatic rings. The van der Waals surface area contributed by atoms with Gasteiger partial charge in [0.2, 0.25) is 0 Å². The van der Waals surface area contributed by atoms with Crippen LogP contribution in [-0.2, 0) is 31.0 Å². The molecule has 24 heavy (non-hydrogen) atoms. The molecule has 0 fully saturated rings. The lowest BCUT2D eigenvalue weighted by molar-refractivity contribution is 0.00868. The number of hydrogen-bond donors (Lipinski definition) is 0. The quantitative estimate of drug-likeness (QED) is 0.712. The molecule has 0 unspecified atom stereocenters. The van der Waals surface area contributed by atoms with Gasteiger partial charge in [-0.25, -0.2) is 0 Å². The van der Waals surface area contributed by atoms with E-state index in [1.807, 2.05) is 24.5 Å². The Labute approximate surface area is 146 Å². The first kappa shape index (κ1) is 15.6. The molecule has 3 aromatic heterocycles. The molecule has 5 heteroatoms. The van der Waals surface area contributed by atoms with Gasteiger partial charge in [0, 0.05) is 50.5 Å². The summed E-state index contributed by atoms with van der Waals surface area (Å²) in [7, 11) is 0. The molecule has 0 amide bonds. The maximum Gasteiger partial charge on any atom is 0.0885 e. The molecule has 1 atom stereocenters. The summed E-state index contributed by atoms with van der Waals surface area (Å²) in [5.41, 5.74) is 3.92. The third-order valence-corrected chi connectivity index (χ3v) is 5.12. The zero-order chi connectivity index (χ0) is 16.2. The summed E-state index contributed by atoms with van der Waals surface area (Å²) in [5, 5.41) is 4.38. The van der Waals surface area contributed by atoms with Gasteiger partial charge < -0.3 is 9.30 Å². The lowest BCUT2D eigenvalue weighted by atomic mass is 10.2. The second-order valence-corrected chi connectivity index (χ2v) is 7.02. The number of thiophene rings is 1. The van der Waals surface area contributed by atoms with Crippen molar-refractivity contribution < 1.29 is 4.74 Å². The van der Waals surface area contributed by atoms with Crippen LogP contribution in [0.1, 0.15) is 16.8 Å². The van der Waals surface area contributed by atoms with Crippen molar-refractivity contribution in [3.05, 3.63) is 76.5 Å². The Bertz CT molecular complexity index is 754. The van der Waals surface area contributed by atoms with E-state index in [4.69, 9.17) is 4.74 Å². The van der Waals surface area contributed by atoms with Gasteiger partial charge in [0.15, 0.2) is 0 Å². The van der Waals surface area contributed by atoms with Crippen LogP contribution in [0.2, 0.25) is 0 Å². The van der Waals surface area contributed by atoms with Crippen molar-refractivity contribution in [1.82, 2.24) is 14.5 Å². The Morgan fingerprint density at radius 1 is 1.12 bits per heavy atom. The SMILES string of the molecule is c1cc2n(c1)C[C@@H](OCc1ccncc1)CN(Cc1ccsc1)C2. The van der Waals surface area contributed by atoms with Crippen LogP contribution in [0.25, 0.3) is 0 Å². The van der Waals surface area contributed by atoms with Gasteiger partial charge in [0.1, 0.15) is 0 Å². The van der Waals surface area contributed by atoms with Crippen LogP contribution >= 0.6 is 11.3 Å². The van der Waals surface area contributed by atoms with Gasteiger partial charge in [-0.2, -0.15) is 11.3 Å². The van der Waals surface area contributed by atoms with Crippen molar-refractivity contribution >= 4 is 11.3 Å². The molecule has 0 spiro atoms. The minimum atomic E-state index is 0.186. The molecule has 0 N–H and O–H groups in total. The standard InChI is InChI=1S/C19H21N3OS/c1-2-18-11-21(10-17-5-9-24-15-17)12-19(13-22(18)8-1)23-14-16-3-6-20-7-4-16/h1-9,15,19H,10-14H2/t19-/m0/s1. The molecule has 1 aliphatic heterocycles. The Kier molecular flexibility index (Phi) is 4.74. The van der Waals surface area contributed by atoms with Gasteiger partial charge in [0.25, 0.3) is 0 Å². The lowest BCUT2D eigenvalue weighted by Crippen LogP contribution is -2.32. The summed E-state index contributed by atoms with van der Waals surface area (Å²) in [5.74, 6) is 0. The average molecular weight is 339 g/mol. The second kappa shape index (κ2) is 7.30. The first-order valence-corrected chi connectivity index (χ1v) is 9.19. The monoisotopic (exact) mass is 339 g/mol. The average Bonchev–Trinajstić information content (AvgIpc) is 3.23. The Balaban J connectivity index is 1.46. The van der Waals surface area contributed by atoms with E-state index in [-0.39, 0.29) is 6.10 Å². The predicted octanol–water partition coefficient (Wildman–Crippen LogP) is 3.55. The molecular formula is C19H21N3OS. The zero-order valence-electron chi connectivity index (χ0n) is 13.5. The van der Waals surface area contributed by atoms with Crippen LogP contribution < -0.4 is 0 Å². The van der Waals surface area contributed by atoms with Crippen molar-refractivity contribution in [2.75, 3.05) is 6.54 Å². The number of fused-ring (bicyclic) bond motifs is 1. The first-order valence-electron chi connectivity index (χ1n) is 8.25. The van der Waals surface area contributed by atoms with Crippen LogP contribution in [0.4, 0.5) is 0 Å². The van der Waals surface area contributed by atoms with E-state index in [0.717, 1.165) is 26.2 Å². The summed E-state index contributed by atoms with van der Waals surface area (Å²) in [4.78, 5) is 6.55. The van der Waals surface area contributed by atoms with Gasteiger partial charge in [-0.3, -0.25) is 9.88 Å². The van der Waals surface area contributed by atoms with Crippen LogP contribution in [0.3, 0.4) is 0 Å². The minimum Gasteiger partial charge on any atom is -0.370 e. The van der Waals surface area contributed by atoms with E-state index < -0.39 is 0 Å². The number of aromatic nitrogens is 2. The van der Waals surface area contributed by atoms with Gasteiger partial charge in [-0.05, 0) is 52.2 Å². The van der Waals surface area contributed by atoms with Gasteiger partial charge >= 0.3 is 0 Å². The molecule has 0 radical (unpaired) electrons. The van der Waals surface area contributed by atoms with E-state index in [2.05, 4.69) is 49.6 Å². The van der Waals surface area contributed by atoms with E-state index >= 15 is 0 Å². The highest BCUT2D eigenvalue weighted by molar-refractivity contribution is 7.07. The molecule has 3 aromatic rings. The van der Waals surface area contributed by atoms with Crippen LogP contribution in [0.15, 0.2) is 59.7 Å². The fourth-order valence-corrected chi connectivity index (χ4v) is 3.85. The Morgan fingerprint density at radius 3 is 2.88 bits per heavy atom. The highest BCUT2D eigenvalue weighted by Gasteiger charge is 2.22. The topological polar surface area (TPSA) is 30.3 Å². The molecule has 0 aliphatic carbocycles. The van der Waals surface area contributed by atoms with Gasteiger partial charge in [-0.15, -0.1) is 0 Å². The molecule has 4 rings (SSSR count). The molecule has 0 bridgehead atoms. The smallest absolute Gasteiger partial charge is 0.0885 e. The van der Waals surface area contributed by atoms with Crippen molar-refractivity contribution in [2.45, 2.75) is 32.3 Å². The lowest BCUT2D eigenvalue weighted by Gasteiger charge is -2.24. The van der Waals surface area contributed by atoms with Crippen molar-refractivity contribution in [3.8, 4) is 0 Å². The molecule has 0 aromatic carbocycles. The Hall–Kier alpha value is -1.95. The molecule has 0 saturated heterocycles. The fourth-order valence-electron chi connectivity index (χ4n) is 3.19. The fraction of sp³-hybridized carbons (Fsp3) is 0.316. The summed E-state index contributed by atoms with van der Waals surface area (Å²) in [6.07, 6.45) is 5.98. The van der Waals surface area contributed by atoms with E-state index in [1.54, 1.807) is 11.3 Å². The van der Waals surface area contributed by atoms with Crippen LogP contribution in [0, 0.1) is 0 Å². The van der Waals surface area contributed by atoms with Gasteiger partial charge in [-0.1, -0.05) is 0 Å². The van der Waals surface area contributed by atoms with Crippen molar-refractivity contribution in [1.29, 1.82) is 0 Å². The number of pyridine rings is 1. The maximum atomic E-state index is 6.24. The minimum absolute atomic E-state index is 0.186. The van der Waals surface area contributed by atoms with E-state index in [9.17, 15) is 0 Å². The third kappa shape index (κ3) is 3.75. The van der Waals surface area contributed by atoms with Crippen LogP contribution in [-0.4, -0.2) is 27.1 Å². The molecular weight excluding hydrogens is 318 g/mol. The third-order valence-electron chi connectivity index (χ3n) is 4.39.